The Balaban J connectivity index is 2.09. The first-order chi connectivity index (χ1) is 10.1. The van der Waals surface area contributed by atoms with E-state index in [-0.39, 0.29) is 17.0 Å². The second-order valence-electron chi connectivity index (χ2n) is 4.23. The van der Waals surface area contributed by atoms with Gasteiger partial charge in [0.1, 0.15) is 5.15 Å². The monoisotopic (exact) mass is 303 g/mol. The zero-order chi connectivity index (χ0) is 15.2. The zero-order valence-electron chi connectivity index (χ0n) is 11.4. The molecule has 1 heterocycles. The number of pyridine rings is 1. The molecule has 0 fully saturated rings. The maximum atomic E-state index is 12.0. The van der Waals surface area contributed by atoms with E-state index in [1.54, 1.807) is 36.4 Å². The number of aromatic nitrogens is 1. The second-order valence-corrected chi connectivity index (χ2v) is 4.59. The fourth-order valence-electron chi connectivity index (χ4n) is 1.72. The summed E-state index contributed by atoms with van der Waals surface area (Å²) in [7, 11) is 0. The highest BCUT2D eigenvalue weighted by Crippen LogP contribution is 2.15. The van der Waals surface area contributed by atoms with Crippen LogP contribution < -0.4 is 10.6 Å². The number of hydrogen-bond donors (Lipinski definition) is 2. The quantitative estimate of drug-likeness (QED) is 0.853. The fraction of sp³-hybridized carbons (Fsp3) is 0.133. The number of hydrogen-bond acceptors (Lipinski definition) is 3. The Hall–Kier alpha value is -2.40. The number of nitrogens with zero attached hydrogens (tertiary/aromatic N) is 1. The Morgan fingerprint density at radius 2 is 1.86 bits per heavy atom. The van der Waals surface area contributed by atoms with Crippen LogP contribution in [0.25, 0.3) is 0 Å². The Labute approximate surface area is 127 Å². The molecule has 0 bridgehead atoms. The van der Waals surface area contributed by atoms with E-state index >= 15 is 0 Å². The number of carbonyl (C=O) groups excluding carboxylic acids is 2. The maximum Gasteiger partial charge on any atom is 0.258 e. The van der Waals surface area contributed by atoms with Gasteiger partial charge in [-0.25, -0.2) is 4.98 Å². The molecule has 0 atom stereocenters. The molecule has 21 heavy (non-hydrogen) atoms. The molecule has 0 spiro atoms. The Bertz CT molecular complexity index is 656. The molecular formula is C15H14ClN3O2. The van der Waals surface area contributed by atoms with Gasteiger partial charge in [0.05, 0.1) is 5.56 Å². The Morgan fingerprint density at radius 1 is 1.14 bits per heavy atom. The van der Waals surface area contributed by atoms with Crippen LogP contribution in [-0.2, 0) is 0 Å². The van der Waals surface area contributed by atoms with Gasteiger partial charge in [-0.15, -0.1) is 0 Å². The van der Waals surface area contributed by atoms with Gasteiger partial charge in [-0.3, -0.25) is 9.59 Å². The van der Waals surface area contributed by atoms with Crippen molar-refractivity contribution in [3.63, 3.8) is 0 Å². The number of amides is 2. The van der Waals surface area contributed by atoms with Crippen molar-refractivity contribution in [3.8, 4) is 0 Å². The van der Waals surface area contributed by atoms with Crippen molar-refractivity contribution in [2.24, 2.45) is 0 Å². The first-order valence-electron chi connectivity index (χ1n) is 6.42. The second kappa shape index (κ2) is 6.85. The van der Waals surface area contributed by atoms with E-state index in [9.17, 15) is 9.59 Å². The molecule has 0 saturated carbocycles. The summed E-state index contributed by atoms with van der Waals surface area (Å²) in [4.78, 5) is 27.5. The summed E-state index contributed by atoms with van der Waals surface area (Å²) >= 11 is 5.86. The lowest BCUT2D eigenvalue weighted by Crippen LogP contribution is -2.22. The van der Waals surface area contributed by atoms with Gasteiger partial charge < -0.3 is 10.6 Å². The lowest BCUT2D eigenvalue weighted by atomic mass is 10.2. The summed E-state index contributed by atoms with van der Waals surface area (Å²) in [6, 6.07) is 9.84. The topological polar surface area (TPSA) is 71.1 Å². The summed E-state index contributed by atoms with van der Waals surface area (Å²) in [5.74, 6) is -0.496. The zero-order valence-corrected chi connectivity index (χ0v) is 12.1. The van der Waals surface area contributed by atoms with Gasteiger partial charge in [-0.1, -0.05) is 11.6 Å². The van der Waals surface area contributed by atoms with E-state index in [0.29, 0.717) is 23.4 Å². The maximum absolute atomic E-state index is 12.0. The van der Waals surface area contributed by atoms with Crippen molar-refractivity contribution in [2.45, 2.75) is 6.92 Å². The van der Waals surface area contributed by atoms with Crippen LogP contribution in [-0.4, -0.2) is 23.3 Å². The highest BCUT2D eigenvalue weighted by molar-refractivity contribution is 6.33. The van der Waals surface area contributed by atoms with E-state index in [4.69, 9.17) is 11.6 Å². The van der Waals surface area contributed by atoms with E-state index in [1.165, 1.54) is 6.20 Å². The van der Waals surface area contributed by atoms with Crippen molar-refractivity contribution in [3.05, 3.63) is 58.9 Å². The van der Waals surface area contributed by atoms with Crippen molar-refractivity contribution in [1.82, 2.24) is 10.3 Å². The first kappa shape index (κ1) is 15.0. The molecule has 2 rings (SSSR count). The number of rotatable bonds is 4. The van der Waals surface area contributed by atoms with E-state index in [0.717, 1.165) is 0 Å². The third-order valence-electron chi connectivity index (χ3n) is 2.75. The SMILES string of the molecule is CCNC(=O)c1ccc(NC(=O)c2cccnc2Cl)cc1. The van der Waals surface area contributed by atoms with Gasteiger partial charge in [0, 0.05) is 24.0 Å². The Kier molecular flexibility index (Phi) is 4.90. The highest BCUT2D eigenvalue weighted by Gasteiger charge is 2.11. The lowest BCUT2D eigenvalue weighted by molar-refractivity contribution is 0.0955. The molecule has 0 radical (unpaired) electrons. The number of halogens is 1. The van der Waals surface area contributed by atoms with Crippen LogP contribution in [0.5, 0.6) is 0 Å². The van der Waals surface area contributed by atoms with Crippen LogP contribution >= 0.6 is 11.6 Å². The number of benzene rings is 1. The number of anilines is 1. The average Bonchev–Trinajstić information content (AvgIpc) is 2.48. The molecule has 0 aliphatic heterocycles. The van der Waals surface area contributed by atoms with Gasteiger partial charge in [0.25, 0.3) is 11.8 Å². The van der Waals surface area contributed by atoms with Crippen LogP contribution in [0.1, 0.15) is 27.6 Å². The molecular weight excluding hydrogens is 290 g/mol. The summed E-state index contributed by atoms with van der Waals surface area (Å²) < 4.78 is 0. The molecule has 0 saturated heterocycles. The molecule has 1 aromatic heterocycles. The molecule has 6 heteroatoms. The number of carbonyl (C=O) groups is 2. The third-order valence-corrected chi connectivity index (χ3v) is 3.05. The van der Waals surface area contributed by atoms with Crippen molar-refractivity contribution in [2.75, 3.05) is 11.9 Å². The third kappa shape index (κ3) is 3.79. The summed E-state index contributed by atoms with van der Waals surface area (Å²) in [5.41, 5.74) is 1.41. The predicted molar refractivity (Wildman–Crippen MR) is 81.6 cm³/mol. The molecule has 2 amide bonds. The average molecular weight is 304 g/mol. The molecule has 2 aromatic rings. The van der Waals surface area contributed by atoms with Gasteiger partial charge in [0.2, 0.25) is 0 Å². The summed E-state index contributed by atoms with van der Waals surface area (Å²) in [5, 5.41) is 5.55. The van der Waals surface area contributed by atoms with Gasteiger partial charge in [-0.05, 0) is 43.3 Å². The van der Waals surface area contributed by atoms with E-state index in [2.05, 4.69) is 15.6 Å². The van der Waals surface area contributed by atoms with Crippen molar-refractivity contribution < 1.29 is 9.59 Å². The van der Waals surface area contributed by atoms with Crippen LogP contribution in [0.2, 0.25) is 5.15 Å². The molecule has 0 unspecified atom stereocenters. The van der Waals surface area contributed by atoms with Crippen LogP contribution in [0.15, 0.2) is 42.6 Å². The highest BCUT2D eigenvalue weighted by atomic mass is 35.5. The normalized spacial score (nSPS) is 10.0. The van der Waals surface area contributed by atoms with Crippen LogP contribution in [0.4, 0.5) is 5.69 Å². The minimum Gasteiger partial charge on any atom is -0.352 e. The van der Waals surface area contributed by atoms with Gasteiger partial charge >= 0.3 is 0 Å². The fourth-order valence-corrected chi connectivity index (χ4v) is 1.93. The standard InChI is InChI=1S/C15H14ClN3O2/c1-2-17-14(20)10-5-7-11(8-6-10)19-15(21)12-4-3-9-18-13(12)16/h3-9H,2H2,1H3,(H,17,20)(H,19,21). The summed E-state index contributed by atoms with van der Waals surface area (Å²) in [6.07, 6.45) is 1.51. The molecule has 108 valence electrons. The molecule has 5 nitrogen and oxygen atoms in total. The largest absolute Gasteiger partial charge is 0.352 e. The minimum absolute atomic E-state index is 0.147. The van der Waals surface area contributed by atoms with E-state index < -0.39 is 0 Å². The first-order valence-corrected chi connectivity index (χ1v) is 6.79. The molecule has 2 N–H and O–H groups in total. The van der Waals surface area contributed by atoms with Crippen molar-refractivity contribution in [1.29, 1.82) is 0 Å². The van der Waals surface area contributed by atoms with Crippen LogP contribution in [0, 0.1) is 0 Å². The molecule has 0 aliphatic carbocycles. The molecule has 1 aromatic carbocycles. The van der Waals surface area contributed by atoms with Crippen molar-refractivity contribution >= 4 is 29.1 Å². The Morgan fingerprint density at radius 3 is 2.48 bits per heavy atom. The predicted octanol–water partition coefficient (Wildman–Crippen LogP) is 2.74. The van der Waals surface area contributed by atoms with Gasteiger partial charge in [0.15, 0.2) is 0 Å². The smallest absolute Gasteiger partial charge is 0.258 e. The van der Waals surface area contributed by atoms with Crippen LogP contribution in [0.3, 0.4) is 0 Å². The van der Waals surface area contributed by atoms with E-state index in [1.807, 2.05) is 6.92 Å². The minimum atomic E-state index is -0.348. The van der Waals surface area contributed by atoms with Gasteiger partial charge in [-0.2, -0.15) is 0 Å². The summed E-state index contributed by atoms with van der Waals surface area (Å²) in [6.45, 7) is 2.42. The lowest BCUT2D eigenvalue weighted by Gasteiger charge is -2.07. The number of nitrogens with one attached hydrogen (secondary N) is 2. The molecule has 0 aliphatic rings.